The van der Waals surface area contributed by atoms with Gasteiger partial charge < -0.3 is 5.32 Å². The number of rotatable bonds is 6. The Balaban J connectivity index is 1.49. The van der Waals surface area contributed by atoms with Crippen LogP contribution in [0.4, 0.5) is 5.13 Å². The van der Waals surface area contributed by atoms with Crippen molar-refractivity contribution in [2.75, 3.05) is 24.7 Å². The smallest absolute Gasteiger partial charge is 0.229 e. The zero-order valence-electron chi connectivity index (χ0n) is 14.6. The second-order valence-corrected chi connectivity index (χ2v) is 10.8. The minimum Gasteiger partial charge on any atom is -0.300 e. The molecule has 1 fully saturated rings. The number of sulfonamides is 1. The maximum atomic E-state index is 12.4. The maximum absolute atomic E-state index is 12.4. The fraction of sp³-hybridized carbons (Fsp3) is 0.438. The molecule has 3 rings (SSSR count). The molecule has 27 heavy (non-hydrogen) atoms. The zero-order chi connectivity index (χ0) is 19.4. The third-order valence-electron chi connectivity index (χ3n) is 4.18. The van der Waals surface area contributed by atoms with Crippen LogP contribution in [0.5, 0.6) is 0 Å². The first-order chi connectivity index (χ1) is 12.8. The minimum atomic E-state index is -3.19. The molecule has 0 unspecified atom stereocenters. The molecule has 1 aliphatic heterocycles. The number of benzene rings is 1. The molecule has 0 atom stereocenters. The molecule has 1 saturated heterocycles. The quantitative estimate of drug-likeness (QED) is 0.541. The average Bonchev–Trinajstić information content (AvgIpc) is 3.07. The lowest BCUT2D eigenvalue weighted by Gasteiger charge is -2.29. The lowest BCUT2D eigenvalue weighted by Crippen LogP contribution is -2.40. The van der Waals surface area contributed by atoms with Crippen molar-refractivity contribution in [2.45, 2.75) is 22.9 Å². The van der Waals surface area contributed by atoms with Crippen molar-refractivity contribution in [1.29, 1.82) is 0 Å². The van der Waals surface area contributed by atoms with E-state index >= 15 is 0 Å². The van der Waals surface area contributed by atoms with Crippen LogP contribution in [-0.2, 0) is 20.6 Å². The number of piperidine rings is 1. The molecule has 1 amide bonds. The van der Waals surface area contributed by atoms with Gasteiger partial charge in [0.1, 0.15) is 0 Å². The highest BCUT2D eigenvalue weighted by molar-refractivity contribution is 8.00. The Labute approximate surface area is 171 Å². The molecule has 1 N–H and O–H groups in total. The summed E-state index contributed by atoms with van der Waals surface area (Å²) in [4.78, 5) is 12.4. The van der Waals surface area contributed by atoms with Crippen molar-refractivity contribution in [3.63, 3.8) is 0 Å². The van der Waals surface area contributed by atoms with Crippen molar-refractivity contribution in [3.8, 4) is 0 Å². The molecule has 2 heterocycles. The Kier molecular flexibility index (Phi) is 6.74. The minimum absolute atomic E-state index is 0.134. The van der Waals surface area contributed by atoms with Gasteiger partial charge in [0.15, 0.2) is 4.34 Å². The molecule has 2 aromatic rings. The fourth-order valence-electron chi connectivity index (χ4n) is 2.75. The summed E-state index contributed by atoms with van der Waals surface area (Å²) in [7, 11) is -3.19. The first-order valence-electron chi connectivity index (χ1n) is 8.28. The van der Waals surface area contributed by atoms with E-state index in [9.17, 15) is 13.2 Å². The van der Waals surface area contributed by atoms with Crippen LogP contribution >= 0.6 is 34.7 Å². The average molecular weight is 447 g/mol. The highest BCUT2D eigenvalue weighted by Gasteiger charge is 2.29. The van der Waals surface area contributed by atoms with Crippen molar-refractivity contribution in [3.05, 3.63) is 34.9 Å². The highest BCUT2D eigenvalue weighted by Crippen LogP contribution is 2.29. The monoisotopic (exact) mass is 446 g/mol. The van der Waals surface area contributed by atoms with Gasteiger partial charge in [0.2, 0.25) is 21.1 Å². The molecule has 0 saturated carbocycles. The van der Waals surface area contributed by atoms with Gasteiger partial charge in [-0.15, -0.1) is 10.2 Å². The first kappa shape index (κ1) is 20.5. The fourth-order valence-corrected chi connectivity index (χ4v) is 5.53. The molecule has 1 aromatic heterocycles. The number of nitrogens with zero attached hydrogens (tertiary/aromatic N) is 3. The number of anilines is 1. The van der Waals surface area contributed by atoms with Gasteiger partial charge in [0.25, 0.3) is 0 Å². The highest BCUT2D eigenvalue weighted by atomic mass is 35.5. The van der Waals surface area contributed by atoms with Gasteiger partial charge in [0, 0.05) is 29.8 Å². The van der Waals surface area contributed by atoms with Crippen LogP contribution in [-0.4, -0.2) is 48.2 Å². The Morgan fingerprint density at radius 1 is 1.37 bits per heavy atom. The normalized spacial score (nSPS) is 16.4. The van der Waals surface area contributed by atoms with E-state index in [-0.39, 0.29) is 11.8 Å². The predicted molar refractivity (Wildman–Crippen MR) is 109 cm³/mol. The Hall–Kier alpha value is -1.20. The van der Waals surface area contributed by atoms with Crippen molar-refractivity contribution < 1.29 is 13.2 Å². The van der Waals surface area contributed by atoms with Crippen LogP contribution < -0.4 is 5.32 Å². The molecule has 0 bridgehead atoms. The summed E-state index contributed by atoms with van der Waals surface area (Å²) >= 11 is 8.83. The largest absolute Gasteiger partial charge is 0.300 e. The standard InChI is InChI=1S/C16H19ClN4O3S3/c1-27(23,24)21-7-5-12(6-8-21)14(22)18-15-19-20-16(26-15)25-10-11-3-2-4-13(17)9-11/h2-4,9,12H,5-8,10H2,1H3,(H,18,19,22). The number of nitrogens with one attached hydrogen (secondary N) is 1. The number of carbonyl (C=O) groups excluding carboxylic acids is 1. The van der Waals surface area contributed by atoms with E-state index in [1.54, 1.807) is 0 Å². The number of hydrogen-bond donors (Lipinski definition) is 1. The molecule has 1 aliphatic rings. The number of aromatic nitrogens is 2. The molecule has 0 aliphatic carbocycles. The topological polar surface area (TPSA) is 92.3 Å². The molecular formula is C16H19ClN4O3S3. The van der Waals surface area contributed by atoms with Gasteiger partial charge in [-0.05, 0) is 30.5 Å². The van der Waals surface area contributed by atoms with Crippen LogP contribution in [0.2, 0.25) is 5.02 Å². The SMILES string of the molecule is CS(=O)(=O)N1CCC(C(=O)Nc2nnc(SCc3cccc(Cl)c3)s2)CC1. The number of carbonyl (C=O) groups is 1. The summed E-state index contributed by atoms with van der Waals surface area (Å²) in [5.74, 6) is 0.368. The third-order valence-corrected chi connectivity index (χ3v) is 7.76. The summed E-state index contributed by atoms with van der Waals surface area (Å²) in [5.41, 5.74) is 1.09. The van der Waals surface area contributed by atoms with Crippen LogP contribution in [0.15, 0.2) is 28.6 Å². The Morgan fingerprint density at radius 3 is 2.78 bits per heavy atom. The number of amides is 1. The van der Waals surface area contributed by atoms with Gasteiger partial charge in [0.05, 0.1) is 6.26 Å². The van der Waals surface area contributed by atoms with Crippen molar-refractivity contribution >= 4 is 55.8 Å². The molecule has 11 heteroatoms. The second kappa shape index (κ2) is 8.87. The van der Waals surface area contributed by atoms with Crippen LogP contribution in [0.3, 0.4) is 0 Å². The summed E-state index contributed by atoms with van der Waals surface area (Å²) in [5, 5.41) is 12.1. The summed E-state index contributed by atoms with van der Waals surface area (Å²) in [6.45, 7) is 0.738. The van der Waals surface area contributed by atoms with E-state index in [1.165, 1.54) is 33.7 Å². The maximum Gasteiger partial charge on any atom is 0.229 e. The van der Waals surface area contributed by atoms with Crippen LogP contribution in [0.25, 0.3) is 0 Å². The number of halogens is 1. The van der Waals surface area contributed by atoms with E-state index in [4.69, 9.17) is 11.6 Å². The molecule has 146 valence electrons. The van der Waals surface area contributed by atoms with E-state index in [0.29, 0.717) is 41.8 Å². The molecule has 7 nitrogen and oxygen atoms in total. The summed E-state index contributed by atoms with van der Waals surface area (Å²) in [6, 6.07) is 7.63. The number of thioether (sulfide) groups is 1. The summed E-state index contributed by atoms with van der Waals surface area (Å²) < 4.78 is 25.2. The van der Waals surface area contributed by atoms with Gasteiger partial charge in [-0.1, -0.05) is 46.8 Å². The third kappa shape index (κ3) is 5.89. The molecule has 0 radical (unpaired) electrons. The lowest BCUT2D eigenvalue weighted by atomic mass is 9.97. The van der Waals surface area contributed by atoms with E-state index in [0.717, 1.165) is 9.90 Å². The van der Waals surface area contributed by atoms with E-state index in [1.807, 2.05) is 24.3 Å². The molecular weight excluding hydrogens is 428 g/mol. The van der Waals surface area contributed by atoms with Gasteiger partial charge in [-0.3, -0.25) is 4.79 Å². The van der Waals surface area contributed by atoms with Crippen molar-refractivity contribution in [2.24, 2.45) is 5.92 Å². The predicted octanol–water partition coefficient (Wildman–Crippen LogP) is 3.09. The number of hydrogen-bond acceptors (Lipinski definition) is 7. The first-order valence-corrected chi connectivity index (χ1v) is 12.3. The zero-order valence-corrected chi connectivity index (χ0v) is 17.8. The summed E-state index contributed by atoms with van der Waals surface area (Å²) in [6.07, 6.45) is 2.21. The van der Waals surface area contributed by atoms with E-state index in [2.05, 4.69) is 15.5 Å². The van der Waals surface area contributed by atoms with Crippen LogP contribution in [0.1, 0.15) is 18.4 Å². The van der Waals surface area contributed by atoms with Crippen molar-refractivity contribution in [1.82, 2.24) is 14.5 Å². The molecule has 0 spiro atoms. The van der Waals surface area contributed by atoms with Gasteiger partial charge in [-0.25, -0.2) is 12.7 Å². The van der Waals surface area contributed by atoms with Gasteiger partial charge in [-0.2, -0.15) is 0 Å². The lowest BCUT2D eigenvalue weighted by molar-refractivity contribution is -0.120. The van der Waals surface area contributed by atoms with Crippen LogP contribution in [0, 0.1) is 5.92 Å². The van der Waals surface area contributed by atoms with E-state index < -0.39 is 10.0 Å². The molecule has 1 aromatic carbocycles. The second-order valence-electron chi connectivity index (χ2n) is 6.22. The Bertz CT molecular complexity index is 911. The van der Waals surface area contributed by atoms with Gasteiger partial charge >= 0.3 is 0 Å². The Morgan fingerprint density at radius 2 is 2.11 bits per heavy atom.